The van der Waals surface area contributed by atoms with Crippen LogP contribution in [0.5, 0.6) is 5.75 Å². The topological polar surface area (TPSA) is 84.3 Å². The number of ether oxygens (including phenoxy) is 1. The Morgan fingerprint density at radius 2 is 2.03 bits per heavy atom. The summed E-state index contributed by atoms with van der Waals surface area (Å²) in [5.74, 6) is 1.80. The summed E-state index contributed by atoms with van der Waals surface area (Å²) in [6, 6.07) is 13.5. The molecule has 1 unspecified atom stereocenters. The van der Waals surface area contributed by atoms with Crippen LogP contribution in [0.25, 0.3) is 22.0 Å². The molecule has 0 saturated heterocycles. The molecule has 0 aliphatic heterocycles. The first kappa shape index (κ1) is 21.0. The largest absolute Gasteiger partial charge is 0.496 e. The minimum atomic E-state index is -0.00530. The molecule has 2 aromatic heterocycles. The number of hydrogen-bond donors (Lipinski definition) is 2. The fourth-order valence-corrected chi connectivity index (χ4v) is 4.52. The van der Waals surface area contributed by atoms with Crippen molar-refractivity contribution in [3.63, 3.8) is 0 Å². The zero-order valence-electron chi connectivity index (χ0n) is 17.5. The van der Waals surface area contributed by atoms with Crippen LogP contribution >= 0.6 is 11.3 Å². The molecule has 0 aliphatic rings. The maximum Gasteiger partial charge on any atom is 0.153 e. The van der Waals surface area contributed by atoms with Crippen molar-refractivity contribution < 1.29 is 14.6 Å². The van der Waals surface area contributed by atoms with Crippen LogP contribution in [0.2, 0.25) is 0 Å². The van der Waals surface area contributed by atoms with Crippen molar-refractivity contribution in [2.45, 2.75) is 26.5 Å². The zero-order chi connectivity index (χ0) is 22.0. The molecule has 2 aromatic carbocycles. The van der Waals surface area contributed by atoms with Crippen molar-refractivity contribution in [1.82, 2.24) is 9.97 Å². The lowest BCUT2D eigenvalue weighted by Crippen LogP contribution is -2.08. The summed E-state index contributed by atoms with van der Waals surface area (Å²) in [7, 11) is 1.54. The minimum Gasteiger partial charge on any atom is -0.496 e. The number of anilines is 1. The number of thiophene rings is 1. The van der Waals surface area contributed by atoms with Crippen LogP contribution in [0.15, 0.2) is 47.8 Å². The lowest BCUT2D eigenvalue weighted by atomic mass is 10.0. The molecule has 2 N–H and O–H groups in total. The molecule has 31 heavy (non-hydrogen) atoms. The Balaban J connectivity index is 1.68. The van der Waals surface area contributed by atoms with E-state index in [0.29, 0.717) is 28.5 Å². The van der Waals surface area contributed by atoms with Gasteiger partial charge in [0.1, 0.15) is 17.4 Å². The van der Waals surface area contributed by atoms with E-state index in [2.05, 4.69) is 33.7 Å². The number of hydrogen-bond acceptors (Lipinski definition) is 7. The number of rotatable bonds is 7. The van der Waals surface area contributed by atoms with Gasteiger partial charge in [-0.3, -0.25) is 4.79 Å². The Labute approximate surface area is 184 Å². The van der Waals surface area contributed by atoms with Gasteiger partial charge in [-0.1, -0.05) is 24.3 Å². The average molecular weight is 434 g/mol. The smallest absolute Gasteiger partial charge is 0.153 e. The van der Waals surface area contributed by atoms with E-state index in [-0.39, 0.29) is 12.6 Å². The molecular formula is C24H23N3O3S. The van der Waals surface area contributed by atoms with Gasteiger partial charge in [-0.15, -0.1) is 11.3 Å². The van der Waals surface area contributed by atoms with Gasteiger partial charge < -0.3 is 15.2 Å². The van der Waals surface area contributed by atoms with Gasteiger partial charge in [0.05, 0.1) is 30.8 Å². The van der Waals surface area contributed by atoms with Crippen LogP contribution in [0.4, 0.5) is 5.82 Å². The van der Waals surface area contributed by atoms with E-state index in [4.69, 9.17) is 4.74 Å². The highest BCUT2D eigenvalue weighted by Gasteiger charge is 2.16. The number of methoxy groups -OCH3 is 1. The molecule has 6 nitrogen and oxygen atoms in total. The van der Waals surface area contributed by atoms with Crippen molar-refractivity contribution in [2.24, 2.45) is 0 Å². The molecule has 0 spiro atoms. The van der Waals surface area contributed by atoms with Crippen LogP contribution in [-0.2, 0) is 6.61 Å². The summed E-state index contributed by atoms with van der Waals surface area (Å²) in [6.45, 7) is 3.91. The summed E-state index contributed by atoms with van der Waals surface area (Å²) in [5, 5.41) is 16.0. The molecule has 4 aromatic rings. The maximum atomic E-state index is 11.4. The lowest BCUT2D eigenvalue weighted by molar-refractivity contribution is 0.112. The van der Waals surface area contributed by atoms with E-state index in [0.717, 1.165) is 33.2 Å². The van der Waals surface area contributed by atoms with E-state index < -0.39 is 0 Å². The van der Waals surface area contributed by atoms with Gasteiger partial charge in [0, 0.05) is 10.3 Å². The van der Waals surface area contributed by atoms with E-state index in [9.17, 15) is 9.90 Å². The standard InChI is InChI=1S/C24H23N3O3S/c1-14(23-9-18(13-31-23)19-7-5-4-6-16(19)11-28)25-24-20-10-22(30-3)17(12-29)8-21(20)26-15(2)27-24/h4-10,12-14,28H,11H2,1-3H3,(H,25,26,27). The van der Waals surface area contributed by atoms with E-state index >= 15 is 0 Å². The van der Waals surface area contributed by atoms with E-state index in [1.807, 2.05) is 31.2 Å². The fraction of sp³-hybridized carbons (Fsp3) is 0.208. The zero-order valence-corrected chi connectivity index (χ0v) is 18.4. The molecule has 158 valence electrons. The fourth-order valence-electron chi connectivity index (χ4n) is 3.60. The van der Waals surface area contributed by atoms with Crippen LogP contribution in [0.1, 0.15) is 39.6 Å². The predicted molar refractivity (Wildman–Crippen MR) is 124 cm³/mol. The van der Waals surface area contributed by atoms with Gasteiger partial charge >= 0.3 is 0 Å². The first-order valence-electron chi connectivity index (χ1n) is 9.89. The third kappa shape index (κ3) is 4.15. The highest BCUT2D eigenvalue weighted by Crippen LogP contribution is 2.34. The Hall–Kier alpha value is -3.29. The number of aryl methyl sites for hydroxylation is 1. The second kappa shape index (κ2) is 8.83. The number of fused-ring (bicyclic) bond motifs is 1. The molecule has 7 heteroatoms. The molecular weight excluding hydrogens is 410 g/mol. The summed E-state index contributed by atoms with van der Waals surface area (Å²) in [4.78, 5) is 21.6. The Bertz CT molecular complexity index is 1250. The molecule has 2 heterocycles. The van der Waals surface area contributed by atoms with Gasteiger partial charge in [0.15, 0.2) is 6.29 Å². The number of nitrogens with one attached hydrogen (secondary N) is 1. The Morgan fingerprint density at radius 3 is 2.77 bits per heavy atom. The van der Waals surface area contributed by atoms with Crippen LogP contribution < -0.4 is 10.1 Å². The van der Waals surface area contributed by atoms with Crippen molar-refractivity contribution in [3.8, 4) is 16.9 Å². The summed E-state index contributed by atoms with van der Waals surface area (Å²) in [6.07, 6.45) is 0.767. The number of aldehydes is 1. The number of aliphatic hydroxyl groups excluding tert-OH is 1. The number of carbonyl (C=O) groups excluding carboxylic acids is 1. The monoisotopic (exact) mass is 433 g/mol. The third-order valence-corrected chi connectivity index (χ3v) is 6.30. The molecule has 0 saturated carbocycles. The van der Waals surface area contributed by atoms with Gasteiger partial charge in [-0.05, 0) is 54.1 Å². The summed E-state index contributed by atoms with van der Waals surface area (Å²) < 4.78 is 5.36. The second-order valence-corrected chi connectivity index (χ2v) is 8.21. The van der Waals surface area contributed by atoms with Crippen molar-refractivity contribution in [3.05, 3.63) is 69.7 Å². The Morgan fingerprint density at radius 1 is 1.23 bits per heavy atom. The van der Waals surface area contributed by atoms with Gasteiger partial charge in [-0.2, -0.15) is 0 Å². The molecule has 0 aliphatic carbocycles. The van der Waals surface area contributed by atoms with E-state index in [1.165, 1.54) is 7.11 Å². The maximum absolute atomic E-state index is 11.4. The molecule has 0 fully saturated rings. The van der Waals surface area contributed by atoms with Gasteiger partial charge in [0.25, 0.3) is 0 Å². The summed E-state index contributed by atoms with van der Waals surface area (Å²) >= 11 is 1.66. The number of aromatic nitrogens is 2. The number of nitrogens with zero attached hydrogens (tertiary/aromatic N) is 2. The quantitative estimate of drug-likeness (QED) is 0.392. The van der Waals surface area contributed by atoms with E-state index in [1.54, 1.807) is 23.5 Å². The van der Waals surface area contributed by atoms with Gasteiger partial charge in [0.2, 0.25) is 0 Å². The molecule has 4 rings (SSSR count). The minimum absolute atomic E-state index is 0.00530. The second-order valence-electron chi connectivity index (χ2n) is 7.27. The van der Waals surface area contributed by atoms with Crippen LogP contribution in [-0.4, -0.2) is 28.5 Å². The SMILES string of the molecule is COc1cc2c(NC(C)c3cc(-c4ccccc4CO)cs3)nc(C)nc2cc1C=O. The first-order chi connectivity index (χ1) is 15.0. The van der Waals surface area contributed by atoms with Crippen molar-refractivity contribution in [2.75, 3.05) is 12.4 Å². The normalized spacial score (nSPS) is 12.0. The number of carbonyl (C=O) groups is 1. The van der Waals surface area contributed by atoms with Crippen molar-refractivity contribution >= 4 is 34.3 Å². The number of benzene rings is 2. The van der Waals surface area contributed by atoms with Crippen LogP contribution in [0, 0.1) is 6.92 Å². The first-order valence-corrected chi connectivity index (χ1v) is 10.8. The molecule has 0 bridgehead atoms. The average Bonchev–Trinajstić information content (AvgIpc) is 3.28. The number of aliphatic hydroxyl groups is 1. The predicted octanol–water partition coefficient (Wildman–Crippen LogP) is 5.15. The molecule has 0 radical (unpaired) electrons. The third-order valence-electron chi connectivity index (χ3n) is 5.18. The van der Waals surface area contributed by atoms with Crippen molar-refractivity contribution in [1.29, 1.82) is 0 Å². The Kier molecular flexibility index (Phi) is 5.97. The molecule has 1 atom stereocenters. The van der Waals surface area contributed by atoms with Crippen LogP contribution in [0.3, 0.4) is 0 Å². The van der Waals surface area contributed by atoms with Gasteiger partial charge in [-0.25, -0.2) is 9.97 Å². The highest BCUT2D eigenvalue weighted by atomic mass is 32.1. The summed E-state index contributed by atoms with van der Waals surface area (Å²) in [5.41, 5.74) is 4.17. The highest BCUT2D eigenvalue weighted by molar-refractivity contribution is 7.10. The lowest BCUT2D eigenvalue weighted by Gasteiger charge is -2.16. The molecule has 0 amide bonds.